The zero-order valence-electron chi connectivity index (χ0n) is 17.0. The van der Waals surface area contributed by atoms with Crippen molar-refractivity contribution in [3.8, 4) is 0 Å². The van der Waals surface area contributed by atoms with Crippen LogP contribution in [-0.4, -0.2) is 51.1 Å². The summed E-state index contributed by atoms with van der Waals surface area (Å²) < 4.78 is 47.9. The molecule has 8 heteroatoms. The van der Waals surface area contributed by atoms with Crippen molar-refractivity contribution in [3.05, 3.63) is 66.0 Å². The van der Waals surface area contributed by atoms with Crippen molar-refractivity contribution in [2.75, 3.05) is 19.7 Å². The maximum atomic E-state index is 14.1. The Morgan fingerprint density at radius 2 is 1.90 bits per heavy atom. The number of ether oxygens (including phenoxy) is 1. The summed E-state index contributed by atoms with van der Waals surface area (Å²) in [7, 11) is -4.23. The van der Waals surface area contributed by atoms with Gasteiger partial charge in [0.15, 0.2) is 0 Å². The van der Waals surface area contributed by atoms with E-state index in [1.165, 1.54) is 18.2 Å². The zero-order valence-corrected chi connectivity index (χ0v) is 17.8. The van der Waals surface area contributed by atoms with Crippen molar-refractivity contribution < 1.29 is 22.3 Å². The molecule has 1 fully saturated rings. The molecule has 3 rings (SSSR count). The van der Waals surface area contributed by atoms with Crippen molar-refractivity contribution in [2.45, 2.75) is 43.2 Å². The summed E-state index contributed by atoms with van der Waals surface area (Å²) in [5.74, 6) is -1.21. The highest BCUT2D eigenvalue weighted by Crippen LogP contribution is 2.18. The van der Waals surface area contributed by atoms with Crippen LogP contribution in [0, 0.1) is 5.82 Å². The second kappa shape index (κ2) is 10.1. The average molecular weight is 435 g/mol. The molecule has 1 unspecified atom stereocenters. The number of rotatable bonds is 9. The standard InChI is InChI=1S/C22H27FN2O4S/c1-2-25(16-18-11-8-14-29-18)22(26)20(15-17-9-4-3-5-10-17)24-30(27,28)21-13-7-6-12-19(21)23/h3-7,9-10,12-13,18,20,24H,2,8,11,14-16H2,1H3/t18?,20-/m0/s1. The lowest BCUT2D eigenvalue weighted by Gasteiger charge is -2.29. The Morgan fingerprint density at radius 3 is 2.53 bits per heavy atom. The van der Waals surface area contributed by atoms with E-state index in [9.17, 15) is 17.6 Å². The summed E-state index contributed by atoms with van der Waals surface area (Å²) in [6.07, 6.45) is 1.93. The van der Waals surface area contributed by atoms with Crippen LogP contribution in [-0.2, 0) is 26.0 Å². The quantitative estimate of drug-likeness (QED) is 0.659. The number of likely N-dealkylation sites (N-methyl/N-ethyl adjacent to an activating group) is 1. The Balaban J connectivity index is 1.85. The molecule has 1 amide bonds. The van der Waals surface area contributed by atoms with Crippen molar-refractivity contribution in [3.63, 3.8) is 0 Å². The van der Waals surface area contributed by atoms with Crippen LogP contribution in [0.15, 0.2) is 59.5 Å². The number of nitrogens with zero attached hydrogens (tertiary/aromatic N) is 1. The molecule has 0 radical (unpaired) electrons. The summed E-state index contributed by atoms with van der Waals surface area (Å²) in [5, 5.41) is 0. The molecule has 6 nitrogen and oxygen atoms in total. The van der Waals surface area contributed by atoms with Crippen LogP contribution >= 0.6 is 0 Å². The Morgan fingerprint density at radius 1 is 1.20 bits per heavy atom. The highest BCUT2D eigenvalue weighted by Gasteiger charge is 2.32. The van der Waals surface area contributed by atoms with Gasteiger partial charge in [-0.25, -0.2) is 12.8 Å². The first-order chi connectivity index (χ1) is 14.4. The van der Waals surface area contributed by atoms with E-state index in [-0.39, 0.29) is 18.4 Å². The van der Waals surface area contributed by atoms with E-state index in [2.05, 4.69) is 4.72 Å². The zero-order chi connectivity index (χ0) is 21.6. The molecule has 2 atom stereocenters. The lowest BCUT2D eigenvalue weighted by molar-refractivity contribution is -0.134. The molecule has 0 aromatic heterocycles. The number of sulfonamides is 1. The molecule has 1 heterocycles. The third kappa shape index (κ3) is 5.65. The monoisotopic (exact) mass is 434 g/mol. The number of hydrogen-bond donors (Lipinski definition) is 1. The topological polar surface area (TPSA) is 75.7 Å². The molecule has 0 bridgehead atoms. The third-order valence-electron chi connectivity index (χ3n) is 5.15. The van der Waals surface area contributed by atoms with Crippen LogP contribution < -0.4 is 4.72 Å². The first-order valence-corrected chi connectivity index (χ1v) is 11.6. The molecule has 1 aliphatic rings. The van der Waals surface area contributed by atoms with Crippen LogP contribution in [0.1, 0.15) is 25.3 Å². The van der Waals surface area contributed by atoms with E-state index in [0.717, 1.165) is 24.5 Å². The average Bonchev–Trinajstić information content (AvgIpc) is 3.25. The van der Waals surface area contributed by atoms with Crippen LogP contribution in [0.4, 0.5) is 4.39 Å². The van der Waals surface area contributed by atoms with E-state index < -0.39 is 26.8 Å². The smallest absolute Gasteiger partial charge is 0.244 e. The predicted molar refractivity (Wildman–Crippen MR) is 112 cm³/mol. The number of nitrogens with one attached hydrogen (secondary N) is 1. The van der Waals surface area contributed by atoms with Gasteiger partial charge in [-0.3, -0.25) is 4.79 Å². The Labute approximate surface area is 177 Å². The van der Waals surface area contributed by atoms with Gasteiger partial charge >= 0.3 is 0 Å². The molecule has 1 aliphatic heterocycles. The lowest BCUT2D eigenvalue weighted by atomic mass is 10.1. The van der Waals surface area contributed by atoms with Crippen molar-refractivity contribution in [1.29, 1.82) is 0 Å². The normalized spacial score (nSPS) is 17.6. The molecule has 162 valence electrons. The maximum Gasteiger partial charge on any atom is 0.244 e. The fraction of sp³-hybridized carbons (Fsp3) is 0.409. The van der Waals surface area contributed by atoms with Gasteiger partial charge < -0.3 is 9.64 Å². The van der Waals surface area contributed by atoms with Gasteiger partial charge in [-0.1, -0.05) is 42.5 Å². The van der Waals surface area contributed by atoms with Gasteiger partial charge in [0.1, 0.15) is 16.8 Å². The number of carbonyl (C=O) groups excluding carboxylic acids is 1. The van der Waals surface area contributed by atoms with Gasteiger partial charge in [-0.2, -0.15) is 4.72 Å². The van der Waals surface area contributed by atoms with Crippen LogP contribution in [0.2, 0.25) is 0 Å². The van der Waals surface area contributed by atoms with Gasteiger partial charge in [0.2, 0.25) is 15.9 Å². The number of carbonyl (C=O) groups is 1. The molecule has 2 aromatic carbocycles. The van der Waals surface area contributed by atoms with E-state index in [4.69, 9.17) is 4.74 Å². The summed E-state index contributed by atoms with van der Waals surface area (Å²) in [5.41, 5.74) is 0.806. The van der Waals surface area contributed by atoms with Gasteiger partial charge in [0.05, 0.1) is 6.10 Å². The summed E-state index contributed by atoms with van der Waals surface area (Å²) in [4.78, 5) is 14.4. The number of benzene rings is 2. The second-order valence-electron chi connectivity index (χ2n) is 7.31. The van der Waals surface area contributed by atoms with Crippen molar-refractivity contribution >= 4 is 15.9 Å². The first kappa shape index (κ1) is 22.4. The summed E-state index contributed by atoms with van der Waals surface area (Å²) >= 11 is 0. The molecule has 30 heavy (non-hydrogen) atoms. The van der Waals surface area contributed by atoms with E-state index >= 15 is 0 Å². The fourth-order valence-electron chi connectivity index (χ4n) is 3.57. The Kier molecular flexibility index (Phi) is 7.58. The molecule has 2 aromatic rings. The minimum absolute atomic E-state index is 0.0468. The molecule has 1 N–H and O–H groups in total. The third-order valence-corrected chi connectivity index (χ3v) is 6.65. The second-order valence-corrected chi connectivity index (χ2v) is 8.99. The van der Waals surface area contributed by atoms with Gasteiger partial charge in [-0.05, 0) is 43.9 Å². The predicted octanol–water partition coefficient (Wildman–Crippen LogP) is 2.74. The number of hydrogen-bond acceptors (Lipinski definition) is 4. The van der Waals surface area contributed by atoms with Crippen LogP contribution in [0.3, 0.4) is 0 Å². The largest absolute Gasteiger partial charge is 0.376 e. The Bertz CT molecular complexity index is 947. The Hall–Kier alpha value is -2.29. The maximum absolute atomic E-state index is 14.1. The van der Waals surface area contributed by atoms with Crippen molar-refractivity contribution in [1.82, 2.24) is 9.62 Å². The highest BCUT2D eigenvalue weighted by atomic mass is 32.2. The lowest BCUT2D eigenvalue weighted by Crippen LogP contribution is -2.51. The van der Waals surface area contributed by atoms with Gasteiger partial charge in [-0.15, -0.1) is 0 Å². The molecule has 0 aliphatic carbocycles. The fourth-order valence-corrected chi connectivity index (χ4v) is 4.84. The minimum atomic E-state index is -4.23. The molecular formula is C22H27FN2O4S. The van der Waals surface area contributed by atoms with Crippen LogP contribution in [0.25, 0.3) is 0 Å². The number of amides is 1. The van der Waals surface area contributed by atoms with E-state index in [0.29, 0.717) is 19.7 Å². The molecule has 0 saturated carbocycles. The first-order valence-electron chi connectivity index (χ1n) is 10.1. The van der Waals surface area contributed by atoms with Crippen molar-refractivity contribution in [2.24, 2.45) is 0 Å². The van der Waals surface area contributed by atoms with Gasteiger partial charge in [0.25, 0.3) is 0 Å². The van der Waals surface area contributed by atoms with E-state index in [1.54, 1.807) is 4.90 Å². The minimum Gasteiger partial charge on any atom is -0.376 e. The summed E-state index contributed by atoms with van der Waals surface area (Å²) in [6.45, 7) is 3.34. The number of halogens is 1. The van der Waals surface area contributed by atoms with Gasteiger partial charge in [0, 0.05) is 19.7 Å². The molecule has 1 saturated heterocycles. The SMILES string of the molecule is CCN(CC1CCCO1)C(=O)[C@H](Cc1ccccc1)NS(=O)(=O)c1ccccc1F. The summed E-state index contributed by atoms with van der Waals surface area (Å²) in [6, 6.07) is 13.2. The van der Waals surface area contributed by atoms with E-state index in [1.807, 2.05) is 37.3 Å². The van der Waals surface area contributed by atoms with Crippen LogP contribution in [0.5, 0.6) is 0 Å². The molecule has 0 spiro atoms. The molecular weight excluding hydrogens is 407 g/mol. The highest BCUT2D eigenvalue weighted by molar-refractivity contribution is 7.89.